The van der Waals surface area contributed by atoms with Gasteiger partial charge in [0.1, 0.15) is 0 Å². The normalized spacial score (nSPS) is 28.3. The number of ether oxygens (including phenoxy) is 1. The van der Waals surface area contributed by atoms with Gasteiger partial charge in [-0.3, -0.25) is 9.88 Å². The van der Waals surface area contributed by atoms with Crippen LogP contribution < -0.4 is 0 Å². The first-order chi connectivity index (χ1) is 10.4. The molecular formula is C17H20N2OS. The van der Waals surface area contributed by atoms with Crippen LogP contribution in [0.4, 0.5) is 0 Å². The Balaban J connectivity index is 1.38. The molecule has 2 aromatic rings. The quantitative estimate of drug-likeness (QED) is 0.847. The monoisotopic (exact) mass is 300 g/mol. The lowest BCUT2D eigenvalue weighted by atomic mass is 10.1. The number of nitrogens with zero attached hydrogens (tertiary/aromatic N) is 2. The Kier molecular flexibility index (Phi) is 3.76. The summed E-state index contributed by atoms with van der Waals surface area (Å²) < 4.78 is 6.22. The predicted octanol–water partition coefficient (Wildman–Crippen LogP) is 3.32. The third-order valence-electron chi connectivity index (χ3n) is 4.73. The van der Waals surface area contributed by atoms with E-state index in [0.29, 0.717) is 24.7 Å². The van der Waals surface area contributed by atoms with Gasteiger partial charge in [-0.1, -0.05) is 6.07 Å². The summed E-state index contributed by atoms with van der Waals surface area (Å²) in [5.74, 6) is 0.706. The molecule has 3 atom stereocenters. The molecule has 110 valence electrons. The molecule has 0 N–H and O–H groups in total. The van der Waals surface area contributed by atoms with Crippen molar-refractivity contribution in [2.45, 2.75) is 38.1 Å². The van der Waals surface area contributed by atoms with Gasteiger partial charge in [-0.2, -0.15) is 11.3 Å². The summed E-state index contributed by atoms with van der Waals surface area (Å²) in [5.41, 5.74) is 2.48. The topological polar surface area (TPSA) is 25.4 Å². The van der Waals surface area contributed by atoms with Crippen LogP contribution in [0, 0.1) is 5.92 Å². The van der Waals surface area contributed by atoms with Gasteiger partial charge >= 0.3 is 0 Å². The van der Waals surface area contributed by atoms with Crippen LogP contribution in [0.1, 0.15) is 24.1 Å². The molecule has 3 unspecified atom stereocenters. The lowest BCUT2D eigenvalue weighted by molar-refractivity contribution is 0.0138. The maximum atomic E-state index is 6.22. The highest BCUT2D eigenvalue weighted by atomic mass is 32.1. The van der Waals surface area contributed by atoms with Gasteiger partial charge in [-0.05, 0) is 53.3 Å². The molecule has 2 bridgehead atoms. The molecule has 21 heavy (non-hydrogen) atoms. The molecule has 1 aliphatic carbocycles. The average molecular weight is 300 g/mol. The number of rotatable bonds is 5. The highest BCUT2D eigenvalue weighted by molar-refractivity contribution is 7.07. The second-order valence-corrected chi connectivity index (χ2v) is 6.84. The lowest BCUT2D eigenvalue weighted by Crippen LogP contribution is -2.34. The number of likely N-dealkylation sites (tertiary alicyclic amines) is 1. The Morgan fingerprint density at radius 3 is 3.10 bits per heavy atom. The van der Waals surface area contributed by atoms with Gasteiger partial charge in [0.05, 0.1) is 18.4 Å². The Morgan fingerprint density at radius 1 is 1.29 bits per heavy atom. The van der Waals surface area contributed by atoms with E-state index in [4.69, 9.17) is 4.74 Å². The van der Waals surface area contributed by atoms with Gasteiger partial charge in [0.25, 0.3) is 0 Å². The molecule has 0 aromatic carbocycles. The van der Waals surface area contributed by atoms with E-state index < -0.39 is 0 Å². The first-order valence-corrected chi connectivity index (χ1v) is 8.61. The van der Waals surface area contributed by atoms with Crippen molar-refractivity contribution in [3.05, 3.63) is 52.5 Å². The number of aromatic nitrogens is 1. The molecular weight excluding hydrogens is 280 g/mol. The van der Waals surface area contributed by atoms with Crippen LogP contribution >= 0.6 is 11.3 Å². The van der Waals surface area contributed by atoms with Gasteiger partial charge < -0.3 is 4.74 Å². The molecule has 4 rings (SSSR count). The molecule has 2 aromatic heterocycles. The summed E-state index contributed by atoms with van der Waals surface area (Å²) in [6.45, 7) is 2.91. The second kappa shape index (κ2) is 5.87. The Hall–Kier alpha value is -1.23. The van der Waals surface area contributed by atoms with E-state index in [1.807, 2.05) is 24.4 Å². The molecule has 2 fully saturated rings. The minimum atomic E-state index is 0.394. The predicted molar refractivity (Wildman–Crippen MR) is 84.1 cm³/mol. The van der Waals surface area contributed by atoms with Crippen molar-refractivity contribution in [1.82, 2.24) is 9.88 Å². The van der Waals surface area contributed by atoms with Gasteiger partial charge in [-0.15, -0.1) is 0 Å². The van der Waals surface area contributed by atoms with Crippen molar-refractivity contribution in [2.24, 2.45) is 5.92 Å². The molecule has 1 saturated carbocycles. The number of fused-ring (bicyclic) bond motifs is 2. The number of hydrogen-bond donors (Lipinski definition) is 0. The van der Waals surface area contributed by atoms with Gasteiger partial charge in [0.15, 0.2) is 0 Å². The summed E-state index contributed by atoms with van der Waals surface area (Å²) in [4.78, 5) is 6.96. The second-order valence-electron chi connectivity index (χ2n) is 6.06. The first kappa shape index (κ1) is 13.4. The van der Waals surface area contributed by atoms with E-state index in [1.54, 1.807) is 11.3 Å². The molecule has 3 heterocycles. The average Bonchev–Trinajstić information content (AvgIpc) is 3.23. The molecule has 1 aliphatic heterocycles. The third kappa shape index (κ3) is 2.76. The zero-order chi connectivity index (χ0) is 14.1. The fourth-order valence-corrected chi connectivity index (χ4v) is 4.42. The maximum absolute atomic E-state index is 6.22. The van der Waals surface area contributed by atoms with Gasteiger partial charge in [-0.25, -0.2) is 0 Å². The van der Waals surface area contributed by atoms with Crippen molar-refractivity contribution in [1.29, 1.82) is 0 Å². The van der Waals surface area contributed by atoms with Crippen LogP contribution in [0.15, 0.2) is 41.2 Å². The summed E-state index contributed by atoms with van der Waals surface area (Å²) >= 11 is 1.79. The van der Waals surface area contributed by atoms with Crippen molar-refractivity contribution in [2.75, 3.05) is 6.54 Å². The highest BCUT2D eigenvalue weighted by Crippen LogP contribution is 2.40. The van der Waals surface area contributed by atoms with Crippen LogP contribution in [0.2, 0.25) is 0 Å². The summed E-state index contributed by atoms with van der Waals surface area (Å²) in [7, 11) is 0. The Labute approximate surface area is 129 Å². The van der Waals surface area contributed by atoms with Crippen LogP contribution in [-0.2, 0) is 17.9 Å². The smallest absolute Gasteiger partial charge is 0.0892 e. The maximum Gasteiger partial charge on any atom is 0.0892 e. The van der Waals surface area contributed by atoms with Crippen LogP contribution in [0.5, 0.6) is 0 Å². The van der Waals surface area contributed by atoms with Crippen LogP contribution in [0.3, 0.4) is 0 Å². The lowest BCUT2D eigenvalue weighted by Gasteiger charge is -2.26. The Bertz CT molecular complexity index is 572. The zero-order valence-corrected chi connectivity index (χ0v) is 12.8. The van der Waals surface area contributed by atoms with Crippen molar-refractivity contribution in [3.8, 4) is 0 Å². The number of hydrogen-bond acceptors (Lipinski definition) is 4. The van der Waals surface area contributed by atoms with Crippen molar-refractivity contribution >= 4 is 11.3 Å². The number of pyridine rings is 1. The molecule has 4 heteroatoms. The SMILES string of the molecule is c1ccc(COC2C3CCC2N(Cc2ccsc2)C3)nc1. The van der Waals surface area contributed by atoms with E-state index in [-0.39, 0.29) is 0 Å². The molecule has 2 aliphatic rings. The molecule has 3 nitrogen and oxygen atoms in total. The van der Waals surface area contributed by atoms with E-state index in [1.165, 1.54) is 24.9 Å². The van der Waals surface area contributed by atoms with Crippen LogP contribution in [0.25, 0.3) is 0 Å². The van der Waals surface area contributed by atoms with E-state index in [9.17, 15) is 0 Å². The van der Waals surface area contributed by atoms with Gasteiger partial charge in [0, 0.05) is 25.3 Å². The summed E-state index contributed by atoms with van der Waals surface area (Å²) in [6, 6.07) is 8.85. The molecule has 0 amide bonds. The largest absolute Gasteiger partial charge is 0.370 e. The fraction of sp³-hybridized carbons (Fsp3) is 0.471. The van der Waals surface area contributed by atoms with E-state index in [0.717, 1.165) is 12.2 Å². The van der Waals surface area contributed by atoms with Crippen LogP contribution in [-0.4, -0.2) is 28.6 Å². The highest BCUT2D eigenvalue weighted by Gasteiger charge is 2.47. The van der Waals surface area contributed by atoms with E-state index >= 15 is 0 Å². The third-order valence-corrected chi connectivity index (χ3v) is 5.46. The number of thiophene rings is 1. The van der Waals surface area contributed by atoms with Crippen molar-refractivity contribution < 1.29 is 4.74 Å². The Morgan fingerprint density at radius 2 is 2.29 bits per heavy atom. The minimum Gasteiger partial charge on any atom is -0.370 e. The fourth-order valence-electron chi connectivity index (χ4n) is 3.76. The molecule has 0 radical (unpaired) electrons. The van der Waals surface area contributed by atoms with Gasteiger partial charge in [0.2, 0.25) is 0 Å². The minimum absolute atomic E-state index is 0.394. The summed E-state index contributed by atoms with van der Waals surface area (Å²) in [5, 5.41) is 4.43. The summed E-state index contributed by atoms with van der Waals surface area (Å²) in [6.07, 6.45) is 4.83. The molecule has 0 spiro atoms. The van der Waals surface area contributed by atoms with Crippen molar-refractivity contribution in [3.63, 3.8) is 0 Å². The standard InChI is InChI=1S/C17H20N2OS/c1-2-7-18-15(3-1)11-20-17-14-4-5-16(17)19(10-14)9-13-6-8-21-12-13/h1-3,6-8,12,14,16-17H,4-5,9-11H2. The van der Waals surface area contributed by atoms with E-state index in [2.05, 4.69) is 26.7 Å². The number of piperidine rings is 1. The molecule has 1 saturated heterocycles. The first-order valence-electron chi connectivity index (χ1n) is 7.67. The zero-order valence-electron chi connectivity index (χ0n) is 12.0.